The number of piperidine rings is 1. The van der Waals surface area contributed by atoms with E-state index in [0.717, 1.165) is 36.1 Å². The highest BCUT2D eigenvalue weighted by molar-refractivity contribution is 8.19. The van der Waals surface area contributed by atoms with Crippen molar-refractivity contribution in [2.45, 2.75) is 31.1 Å². The Kier molecular flexibility index (Phi) is 8.49. The number of methoxy groups -OCH3 is 1. The first-order valence-corrected chi connectivity index (χ1v) is 15.3. The van der Waals surface area contributed by atoms with Crippen molar-refractivity contribution in [2.75, 3.05) is 25.1 Å². The fraction of sp³-hybridized carbons (Fsp3) is 0.233. The average molecular weight is 575 g/mol. The van der Waals surface area contributed by atoms with Crippen molar-refractivity contribution in [1.82, 2.24) is 4.31 Å². The summed E-state index contributed by atoms with van der Waals surface area (Å²) in [5.41, 5.74) is 2.90. The van der Waals surface area contributed by atoms with Gasteiger partial charge in [-0.05, 0) is 85.1 Å². The van der Waals surface area contributed by atoms with Crippen LogP contribution in [0.1, 0.15) is 37.3 Å². The summed E-state index contributed by atoms with van der Waals surface area (Å²) in [6.45, 7) is 2.93. The number of thioether (sulfide) groups is 1. The molecule has 0 spiro atoms. The van der Waals surface area contributed by atoms with Gasteiger partial charge in [-0.2, -0.15) is 9.41 Å². The molecular weight excluding hydrogens is 544 g/mol. The Morgan fingerprint density at radius 1 is 0.925 bits per heavy atom. The Balaban J connectivity index is 1.41. The molecule has 2 heterocycles. The normalized spacial score (nSPS) is 19.0. The third kappa shape index (κ3) is 6.04. The van der Waals surface area contributed by atoms with Crippen LogP contribution in [0.2, 0.25) is 0 Å². The van der Waals surface area contributed by atoms with E-state index in [1.165, 1.54) is 11.8 Å². The number of amides is 1. The summed E-state index contributed by atoms with van der Waals surface area (Å²) in [5.74, 6) is 0.550. The Bertz CT molecular complexity index is 1560. The molecule has 0 radical (unpaired) electrons. The predicted molar refractivity (Wildman–Crippen MR) is 161 cm³/mol. The van der Waals surface area contributed by atoms with Gasteiger partial charge < -0.3 is 4.74 Å². The number of sulfonamides is 1. The minimum absolute atomic E-state index is 0.189. The summed E-state index contributed by atoms with van der Waals surface area (Å²) in [7, 11) is -1.89. The topological polar surface area (TPSA) is 91.6 Å². The van der Waals surface area contributed by atoms with Crippen molar-refractivity contribution >= 4 is 50.3 Å². The number of carbonyl (C=O) groups excluding carboxylic acids is 1. The standard InChI is InChI=1S/C30H30N4O4S2/c1-22(24-13-17-27(18-14-24)40(36,37)33-19-7-4-8-20-33)31-32-30-34(25-9-5-3-6-10-25)29(35)28(39-30)21-23-11-15-26(38-2)16-12-23/h3,5-6,9-18,21H,4,7-8,19-20H2,1-2H3/b28-21+,31-22+,32-30-. The van der Waals surface area contributed by atoms with E-state index in [2.05, 4.69) is 10.2 Å². The van der Waals surface area contributed by atoms with Crippen LogP contribution in [0.3, 0.4) is 0 Å². The van der Waals surface area contributed by atoms with Crippen LogP contribution in [0.4, 0.5) is 5.69 Å². The molecule has 2 saturated heterocycles. The monoisotopic (exact) mass is 574 g/mol. The van der Waals surface area contributed by atoms with Crippen molar-refractivity contribution in [2.24, 2.45) is 10.2 Å². The highest BCUT2D eigenvalue weighted by atomic mass is 32.2. The number of para-hydroxylation sites is 1. The Hall–Kier alpha value is -3.73. The molecule has 0 N–H and O–H groups in total. The minimum atomic E-state index is -3.50. The summed E-state index contributed by atoms with van der Waals surface area (Å²) < 4.78 is 32.8. The number of carbonyl (C=O) groups is 1. The van der Waals surface area contributed by atoms with E-state index in [9.17, 15) is 13.2 Å². The summed E-state index contributed by atoms with van der Waals surface area (Å²) in [4.78, 5) is 15.8. The Morgan fingerprint density at radius 2 is 1.60 bits per heavy atom. The van der Waals surface area contributed by atoms with E-state index >= 15 is 0 Å². The number of nitrogens with zero attached hydrogens (tertiary/aromatic N) is 4. The molecule has 10 heteroatoms. The van der Waals surface area contributed by atoms with Crippen LogP contribution in [-0.4, -0.2) is 49.7 Å². The average Bonchev–Trinajstić information content (AvgIpc) is 3.31. The molecule has 8 nitrogen and oxygen atoms in total. The van der Waals surface area contributed by atoms with Crippen molar-refractivity contribution in [1.29, 1.82) is 0 Å². The van der Waals surface area contributed by atoms with Gasteiger partial charge in [-0.3, -0.25) is 9.69 Å². The molecule has 0 aliphatic carbocycles. The van der Waals surface area contributed by atoms with Crippen molar-refractivity contribution in [3.8, 4) is 5.75 Å². The number of amidine groups is 1. The first-order chi connectivity index (χ1) is 19.4. The summed E-state index contributed by atoms with van der Waals surface area (Å²) in [6, 6.07) is 23.5. The Morgan fingerprint density at radius 3 is 2.25 bits per heavy atom. The van der Waals surface area contributed by atoms with E-state index in [0.29, 0.717) is 34.6 Å². The largest absolute Gasteiger partial charge is 0.497 e. The molecular formula is C30H30N4O4S2. The number of rotatable bonds is 7. The summed E-state index contributed by atoms with van der Waals surface area (Å²) in [5, 5.41) is 9.31. The molecule has 0 aromatic heterocycles. The third-order valence-corrected chi connectivity index (χ3v) is 9.62. The molecule has 2 aliphatic heterocycles. The van der Waals surface area contributed by atoms with Gasteiger partial charge in [0, 0.05) is 13.1 Å². The van der Waals surface area contributed by atoms with Gasteiger partial charge in [0.25, 0.3) is 5.91 Å². The zero-order chi connectivity index (χ0) is 28.1. The number of hydrogen-bond acceptors (Lipinski definition) is 7. The van der Waals surface area contributed by atoms with Crippen LogP contribution in [0.15, 0.2) is 98.9 Å². The molecule has 0 saturated carbocycles. The highest BCUT2D eigenvalue weighted by Gasteiger charge is 2.35. The maximum atomic E-state index is 13.4. The van der Waals surface area contributed by atoms with Crippen LogP contribution >= 0.6 is 11.8 Å². The van der Waals surface area contributed by atoms with Crippen molar-refractivity contribution < 1.29 is 17.9 Å². The Labute approximate surface area is 239 Å². The van der Waals surface area contributed by atoms with Gasteiger partial charge in [-0.1, -0.05) is 48.9 Å². The molecule has 2 aliphatic rings. The van der Waals surface area contributed by atoms with E-state index in [1.807, 2.05) is 60.7 Å². The number of benzene rings is 3. The van der Waals surface area contributed by atoms with E-state index in [4.69, 9.17) is 4.74 Å². The number of anilines is 1. The maximum Gasteiger partial charge on any atom is 0.271 e. The second kappa shape index (κ2) is 12.2. The van der Waals surface area contributed by atoms with Gasteiger partial charge in [0.05, 0.1) is 28.3 Å². The second-order valence-corrected chi connectivity index (χ2v) is 12.4. The van der Waals surface area contributed by atoms with Gasteiger partial charge in [-0.15, -0.1) is 5.10 Å². The molecule has 0 unspecified atom stereocenters. The zero-order valence-electron chi connectivity index (χ0n) is 22.4. The number of ether oxygens (including phenoxy) is 1. The highest BCUT2D eigenvalue weighted by Crippen LogP contribution is 2.36. The van der Waals surface area contributed by atoms with Crippen LogP contribution in [0.5, 0.6) is 5.75 Å². The van der Waals surface area contributed by atoms with Gasteiger partial charge in [0.2, 0.25) is 15.2 Å². The van der Waals surface area contributed by atoms with Crippen molar-refractivity contribution in [3.63, 3.8) is 0 Å². The molecule has 1 amide bonds. The van der Waals surface area contributed by atoms with Gasteiger partial charge >= 0.3 is 0 Å². The van der Waals surface area contributed by atoms with E-state index < -0.39 is 10.0 Å². The molecule has 3 aromatic carbocycles. The van der Waals surface area contributed by atoms with Crippen molar-refractivity contribution in [3.05, 3.63) is 94.9 Å². The van der Waals surface area contributed by atoms with Gasteiger partial charge in [0.15, 0.2) is 0 Å². The van der Waals surface area contributed by atoms with Crippen LogP contribution in [-0.2, 0) is 14.8 Å². The van der Waals surface area contributed by atoms with Crippen LogP contribution in [0.25, 0.3) is 6.08 Å². The summed E-state index contributed by atoms with van der Waals surface area (Å²) in [6.07, 6.45) is 4.66. The molecule has 0 atom stereocenters. The van der Waals surface area contributed by atoms with Crippen LogP contribution in [0, 0.1) is 0 Å². The first-order valence-electron chi connectivity index (χ1n) is 13.0. The number of hydrogen-bond donors (Lipinski definition) is 0. The van der Waals surface area contributed by atoms with E-state index in [1.54, 1.807) is 47.5 Å². The lowest BCUT2D eigenvalue weighted by molar-refractivity contribution is -0.113. The predicted octanol–water partition coefficient (Wildman–Crippen LogP) is 5.77. The van der Waals surface area contributed by atoms with Crippen LogP contribution < -0.4 is 9.64 Å². The first kappa shape index (κ1) is 27.8. The van der Waals surface area contributed by atoms with Gasteiger partial charge in [-0.25, -0.2) is 8.42 Å². The summed E-state index contributed by atoms with van der Waals surface area (Å²) >= 11 is 1.25. The fourth-order valence-electron chi connectivity index (χ4n) is 4.50. The molecule has 206 valence electrons. The molecule has 5 rings (SSSR count). The fourth-order valence-corrected chi connectivity index (χ4v) is 6.94. The second-order valence-electron chi connectivity index (χ2n) is 9.42. The third-order valence-electron chi connectivity index (χ3n) is 6.74. The lowest BCUT2D eigenvalue weighted by Gasteiger charge is -2.25. The molecule has 40 heavy (non-hydrogen) atoms. The SMILES string of the molecule is COc1ccc(/C=C2/S/C(=N\N=C(/C)c3ccc(S(=O)(=O)N4CCCCC4)cc3)N(c3ccccc3)C2=O)cc1. The smallest absolute Gasteiger partial charge is 0.271 e. The minimum Gasteiger partial charge on any atom is -0.497 e. The lowest BCUT2D eigenvalue weighted by Crippen LogP contribution is -2.35. The molecule has 3 aromatic rings. The van der Waals surface area contributed by atoms with Gasteiger partial charge in [0.1, 0.15) is 5.75 Å². The molecule has 2 fully saturated rings. The maximum absolute atomic E-state index is 13.4. The quantitative estimate of drug-likeness (QED) is 0.203. The molecule has 0 bridgehead atoms. The lowest BCUT2D eigenvalue weighted by atomic mass is 10.1. The zero-order valence-corrected chi connectivity index (χ0v) is 24.0. The van der Waals surface area contributed by atoms with E-state index in [-0.39, 0.29) is 10.8 Å².